The Morgan fingerprint density at radius 3 is 1.75 bits per heavy atom. The van der Waals surface area contributed by atoms with E-state index in [4.69, 9.17) is 4.74 Å². The van der Waals surface area contributed by atoms with Gasteiger partial charge in [0.15, 0.2) is 0 Å². The predicted molar refractivity (Wildman–Crippen MR) is 153 cm³/mol. The van der Waals surface area contributed by atoms with E-state index in [1.54, 1.807) is 6.92 Å². The number of rotatable bonds is 18. The van der Waals surface area contributed by atoms with Gasteiger partial charge in [0.05, 0.1) is 18.0 Å². The molecule has 2 aromatic rings. The smallest absolute Gasteiger partial charge is 0.454 e. The molecule has 0 aliphatic rings. The van der Waals surface area contributed by atoms with Crippen molar-refractivity contribution in [2.75, 3.05) is 24.6 Å². The van der Waals surface area contributed by atoms with Crippen LogP contribution in [0.3, 0.4) is 0 Å². The van der Waals surface area contributed by atoms with Crippen molar-refractivity contribution < 1.29 is 27.5 Å². The van der Waals surface area contributed by atoms with E-state index < -0.39 is 17.5 Å². The van der Waals surface area contributed by atoms with Gasteiger partial charge >= 0.3 is 12.1 Å². The summed E-state index contributed by atoms with van der Waals surface area (Å²) in [6, 6.07) is 12.6. The van der Waals surface area contributed by atoms with Crippen molar-refractivity contribution >= 4 is 28.8 Å². The number of hydrogen-bond donors (Lipinski definition) is 0. The molecular formula is C31H40F3N3O3. The third-order valence-electron chi connectivity index (χ3n) is 6.42. The first-order valence-electron chi connectivity index (χ1n) is 13.9. The van der Waals surface area contributed by atoms with Crippen LogP contribution in [0.4, 0.5) is 30.2 Å². The lowest BCUT2D eigenvalue weighted by molar-refractivity contribution is -0.139. The Morgan fingerprint density at radius 2 is 1.27 bits per heavy atom. The molecule has 0 saturated carbocycles. The van der Waals surface area contributed by atoms with Crippen molar-refractivity contribution in [2.45, 2.75) is 77.8 Å². The van der Waals surface area contributed by atoms with Crippen LogP contribution in [0.25, 0.3) is 0 Å². The zero-order valence-corrected chi connectivity index (χ0v) is 23.5. The van der Waals surface area contributed by atoms with Gasteiger partial charge in [-0.25, -0.2) is 4.79 Å². The largest absolute Gasteiger partial charge is 0.462 e. The molecule has 0 unspecified atom stereocenters. The minimum Gasteiger partial charge on any atom is -0.462 e. The van der Waals surface area contributed by atoms with Gasteiger partial charge in [0.25, 0.3) is 5.78 Å². The lowest BCUT2D eigenvalue weighted by Gasteiger charge is -2.23. The number of unbranched alkanes of at least 4 members (excludes halogenated alkanes) is 8. The Balaban J connectivity index is 1.64. The van der Waals surface area contributed by atoms with Crippen molar-refractivity contribution in [3.63, 3.8) is 0 Å². The van der Waals surface area contributed by atoms with Gasteiger partial charge in [0, 0.05) is 29.9 Å². The van der Waals surface area contributed by atoms with Crippen molar-refractivity contribution in [1.29, 1.82) is 0 Å². The highest BCUT2D eigenvalue weighted by Crippen LogP contribution is 2.25. The first-order chi connectivity index (χ1) is 19.1. The maximum atomic E-state index is 12.5. The Morgan fingerprint density at radius 1 is 0.800 bits per heavy atom. The molecule has 0 bridgehead atoms. The summed E-state index contributed by atoms with van der Waals surface area (Å²) in [6.07, 6.45) is 5.45. The van der Waals surface area contributed by atoms with Gasteiger partial charge in [-0.2, -0.15) is 23.4 Å². The van der Waals surface area contributed by atoms with Crippen LogP contribution in [0.1, 0.15) is 82.0 Å². The lowest BCUT2D eigenvalue weighted by Crippen LogP contribution is -2.23. The van der Waals surface area contributed by atoms with Crippen LogP contribution >= 0.6 is 0 Å². The predicted octanol–water partition coefficient (Wildman–Crippen LogP) is 9.30. The van der Waals surface area contributed by atoms with E-state index in [1.165, 1.54) is 50.7 Å². The lowest BCUT2D eigenvalue weighted by atomic mass is 10.1. The van der Waals surface area contributed by atoms with E-state index in [9.17, 15) is 22.8 Å². The van der Waals surface area contributed by atoms with Crippen LogP contribution in [0.5, 0.6) is 0 Å². The number of alkyl halides is 3. The van der Waals surface area contributed by atoms with Gasteiger partial charge in [0.1, 0.15) is 0 Å². The number of carbonyl (C=O) groups excluding carboxylic acids is 2. The summed E-state index contributed by atoms with van der Waals surface area (Å²) in [6.45, 7) is 9.70. The zero-order valence-electron chi connectivity index (χ0n) is 23.5. The Labute approximate surface area is 235 Å². The fourth-order valence-electron chi connectivity index (χ4n) is 4.09. The number of azo groups is 1. The van der Waals surface area contributed by atoms with E-state index in [2.05, 4.69) is 28.6 Å². The molecule has 0 fully saturated rings. The number of benzene rings is 2. The molecule has 0 atom stereocenters. The number of anilines is 1. The minimum atomic E-state index is -4.90. The second-order valence-electron chi connectivity index (χ2n) is 9.77. The number of Topliss-reactive ketones (excluding diaryl/α,β-unsaturated/α-hetero) is 1. The number of esters is 1. The second kappa shape index (κ2) is 17.3. The van der Waals surface area contributed by atoms with Gasteiger partial charge in [-0.05, 0) is 75.2 Å². The van der Waals surface area contributed by atoms with Crippen LogP contribution < -0.4 is 4.90 Å². The monoisotopic (exact) mass is 559 g/mol. The third-order valence-corrected chi connectivity index (χ3v) is 6.42. The Bertz CT molecular complexity index is 1100. The molecule has 0 radical (unpaired) electrons. The number of hydrogen-bond acceptors (Lipinski definition) is 6. The number of ketones is 1. The van der Waals surface area contributed by atoms with Gasteiger partial charge in [-0.3, -0.25) is 4.79 Å². The molecule has 0 spiro atoms. The summed E-state index contributed by atoms with van der Waals surface area (Å²) < 4.78 is 42.7. The topological polar surface area (TPSA) is 71.3 Å². The number of nitrogens with zero attached hydrogens (tertiary/aromatic N) is 3. The molecule has 2 rings (SSSR count). The molecule has 6 nitrogen and oxygen atoms in total. The van der Waals surface area contributed by atoms with E-state index in [0.29, 0.717) is 23.6 Å². The molecule has 40 heavy (non-hydrogen) atoms. The zero-order chi connectivity index (χ0) is 29.4. The van der Waals surface area contributed by atoms with Gasteiger partial charge in [-0.1, -0.05) is 51.5 Å². The van der Waals surface area contributed by atoms with Crippen LogP contribution in [-0.4, -0.2) is 37.6 Å². The third kappa shape index (κ3) is 12.1. The number of ether oxygens (including phenoxy) is 1. The maximum Gasteiger partial charge on any atom is 0.454 e. The highest BCUT2D eigenvalue weighted by Gasteiger charge is 2.39. The highest BCUT2D eigenvalue weighted by molar-refractivity contribution is 6.00. The van der Waals surface area contributed by atoms with Gasteiger partial charge in [0.2, 0.25) is 0 Å². The van der Waals surface area contributed by atoms with Gasteiger partial charge in [-0.15, -0.1) is 0 Å². The van der Waals surface area contributed by atoms with Crippen LogP contribution in [-0.2, 0) is 9.53 Å². The second-order valence-corrected chi connectivity index (χ2v) is 9.77. The first kappa shape index (κ1) is 32.7. The molecule has 0 saturated heterocycles. The average Bonchev–Trinajstić information content (AvgIpc) is 2.94. The number of halogens is 3. The molecule has 0 amide bonds. The SMILES string of the molecule is C=C(C)C(=O)OCCCCCCCCCCCN(CC)c1ccc(N=Nc2ccc(C(=O)C(F)(F)F)cc2)cc1. The van der Waals surface area contributed by atoms with Crippen molar-refractivity contribution in [3.8, 4) is 0 Å². The van der Waals surface area contributed by atoms with E-state index in [0.717, 1.165) is 50.2 Å². The molecule has 0 aliphatic heterocycles. The quantitative estimate of drug-likeness (QED) is 0.0600. The molecule has 9 heteroatoms. The first-order valence-corrected chi connectivity index (χ1v) is 13.9. The number of carbonyl (C=O) groups is 2. The van der Waals surface area contributed by atoms with Crippen molar-refractivity contribution in [2.24, 2.45) is 10.2 Å². The van der Waals surface area contributed by atoms with Crippen LogP contribution in [0.2, 0.25) is 0 Å². The standard InChI is InChI=1S/C31H40F3N3O3/c1-4-37(22-12-10-8-6-5-7-9-11-13-23-40-30(39)24(2)3)28-20-18-27(19-21-28)36-35-26-16-14-25(15-17-26)29(38)31(32,33)34/h14-21H,2,4-13,22-23H2,1,3H3. The molecule has 0 aromatic heterocycles. The molecule has 0 heterocycles. The summed E-state index contributed by atoms with van der Waals surface area (Å²) in [5.41, 5.74) is 2.11. The average molecular weight is 560 g/mol. The molecule has 0 N–H and O–H groups in total. The fraction of sp³-hybridized carbons (Fsp3) is 0.484. The summed E-state index contributed by atoms with van der Waals surface area (Å²) in [7, 11) is 0. The molecule has 2 aromatic carbocycles. The van der Waals surface area contributed by atoms with Crippen LogP contribution in [0.15, 0.2) is 70.9 Å². The Kier molecular flexibility index (Phi) is 14.1. The normalized spacial score (nSPS) is 11.5. The van der Waals surface area contributed by atoms with Crippen molar-refractivity contribution in [1.82, 2.24) is 0 Å². The minimum absolute atomic E-state index is 0.307. The Hall–Kier alpha value is -3.49. The van der Waals surface area contributed by atoms with Gasteiger partial charge < -0.3 is 9.64 Å². The summed E-state index contributed by atoms with van der Waals surface area (Å²) in [5.74, 6) is -2.19. The van der Waals surface area contributed by atoms with E-state index >= 15 is 0 Å². The van der Waals surface area contributed by atoms with Crippen molar-refractivity contribution in [3.05, 3.63) is 66.2 Å². The molecule has 0 aliphatic carbocycles. The van der Waals surface area contributed by atoms with E-state index in [1.807, 2.05) is 24.3 Å². The summed E-state index contributed by atoms with van der Waals surface area (Å²) in [5, 5.41) is 8.20. The molecule has 218 valence electrons. The summed E-state index contributed by atoms with van der Waals surface area (Å²) >= 11 is 0. The van der Waals surface area contributed by atoms with Crippen LogP contribution in [0, 0.1) is 0 Å². The van der Waals surface area contributed by atoms with E-state index in [-0.39, 0.29) is 5.97 Å². The maximum absolute atomic E-state index is 12.5. The summed E-state index contributed by atoms with van der Waals surface area (Å²) in [4.78, 5) is 24.9. The molecular weight excluding hydrogens is 519 g/mol. The fourth-order valence-corrected chi connectivity index (χ4v) is 4.09. The highest BCUT2D eigenvalue weighted by atomic mass is 19.4.